The van der Waals surface area contributed by atoms with Crippen LogP contribution in [0.25, 0.3) is 0 Å². The van der Waals surface area contributed by atoms with Gasteiger partial charge in [-0.25, -0.2) is 8.78 Å². The monoisotopic (exact) mass is 457 g/mol. The lowest BCUT2D eigenvalue weighted by atomic mass is 9.89. The number of hydrogen-bond donors (Lipinski definition) is 1. The molecule has 4 rings (SSSR count). The van der Waals surface area contributed by atoms with Crippen molar-refractivity contribution in [1.29, 1.82) is 5.26 Å². The van der Waals surface area contributed by atoms with Gasteiger partial charge in [0.15, 0.2) is 5.75 Å². The van der Waals surface area contributed by atoms with E-state index in [2.05, 4.69) is 0 Å². The maximum Gasteiger partial charge on any atom is 0.471 e. The van der Waals surface area contributed by atoms with Crippen molar-refractivity contribution >= 4 is 23.2 Å². The highest BCUT2D eigenvalue weighted by Crippen LogP contribution is 2.52. The van der Waals surface area contributed by atoms with E-state index in [0.29, 0.717) is 6.42 Å². The van der Waals surface area contributed by atoms with Gasteiger partial charge in [0.05, 0.1) is 22.7 Å². The standard InChI is InChI=1S/C20H13ClF5N3O2/c21-16-9(8-27)11(23)7-14-18(16)29-6-2-4-12(28-19(30)20(24,25)26)17(29)15-10(22)3-1-5-13(15)31-14/h1,3,5,7,12,17H,2,4,6H2,(H,28,30)/t12-,17-/m0/s1. The van der Waals surface area contributed by atoms with Gasteiger partial charge in [0.2, 0.25) is 0 Å². The molecule has 0 bridgehead atoms. The Morgan fingerprint density at radius 2 is 2.00 bits per heavy atom. The van der Waals surface area contributed by atoms with Crippen molar-refractivity contribution in [2.75, 3.05) is 11.4 Å². The lowest BCUT2D eigenvalue weighted by Crippen LogP contribution is -2.53. The molecule has 1 N–H and O–H groups in total. The van der Waals surface area contributed by atoms with Gasteiger partial charge < -0.3 is 15.0 Å². The van der Waals surface area contributed by atoms with E-state index in [0.717, 1.165) is 12.1 Å². The molecule has 2 atom stereocenters. The van der Waals surface area contributed by atoms with E-state index in [4.69, 9.17) is 16.3 Å². The second-order valence-corrected chi connectivity index (χ2v) is 7.50. The quantitative estimate of drug-likeness (QED) is 0.613. The minimum absolute atomic E-state index is 0.0474. The number of carbonyl (C=O) groups excluding carboxylic acids is 1. The largest absolute Gasteiger partial charge is 0.471 e. The molecule has 162 valence electrons. The fraction of sp³-hybridized carbons (Fsp3) is 0.300. The number of carbonyl (C=O) groups is 1. The number of alkyl halides is 3. The first-order valence-electron chi connectivity index (χ1n) is 9.16. The predicted octanol–water partition coefficient (Wildman–Crippen LogP) is 4.98. The number of ether oxygens (including phenoxy) is 1. The molecule has 1 amide bonds. The Kier molecular flexibility index (Phi) is 5.17. The Hall–Kier alpha value is -3.06. The van der Waals surface area contributed by atoms with E-state index in [1.807, 2.05) is 5.32 Å². The Morgan fingerprint density at radius 1 is 1.26 bits per heavy atom. The van der Waals surface area contributed by atoms with Crippen LogP contribution in [0.15, 0.2) is 24.3 Å². The van der Waals surface area contributed by atoms with Crippen LogP contribution in [0.5, 0.6) is 11.5 Å². The molecule has 11 heteroatoms. The molecule has 0 unspecified atom stereocenters. The van der Waals surface area contributed by atoms with Gasteiger partial charge in [-0.05, 0) is 25.0 Å². The Morgan fingerprint density at radius 3 is 2.68 bits per heavy atom. The third kappa shape index (κ3) is 3.53. The molecule has 0 radical (unpaired) electrons. The molecular weight excluding hydrogens is 445 g/mol. The average molecular weight is 458 g/mol. The van der Waals surface area contributed by atoms with Crippen molar-refractivity contribution in [3.05, 3.63) is 52.0 Å². The smallest absolute Gasteiger partial charge is 0.455 e. The number of fused-ring (bicyclic) bond motifs is 5. The molecule has 1 fully saturated rings. The van der Waals surface area contributed by atoms with Crippen molar-refractivity contribution in [3.63, 3.8) is 0 Å². The van der Waals surface area contributed by atoms with Crippen LogP contribution >= 0.6 is 11.6 Å². The maximum atomic E-state index is 14.9. The Labute approximate surface area is 178 Å². The van der Waals surface area contributed by atoms with E-state index in [9.17, 15) is 32.0 Å². The summed E-state index contributed by atoms with van der Waals surface area (Å²) < 4.78 is 73.7. The molecule has 0 saturated carbocycles. The molecule has 2 heterocycles. The molecule has 2 aromatic carbocycles. The predicted molar refractivity (Wildman–Crippen MR) is 99.9 cm³/mol. The maximum absolute atomic E-state index is 14.9. The van der Waals surface area contributed by atoms with Crippen molar-refractivity contribution in [3.8, 4) is 17.6 Å². The molecule has 2 aromatic rings. The zero-order valence-corrected chi connectivity index (χ0v) is 16.3. The van der Waals surface area contributed by atoms with Gasteiger partial charge >= 0.3 is 12.1 Å². The highest BCUT2D eigenvalue weighted by atomic mass is 35.5. The lowest BCUT2D eigenvalue weighted by molar-refractivity contribution is -0.174. The second kappa shape index (κ2) is 7.57. The van der Waals surface area contributed by atoms with Crippen LogP contribution in [0, 0.1) is 23.0 Å². The number of nitrogens with zero attached hydrogens (tertiary/aromatic N) is 2. The van der Waals surface area contributed by atoms with E-state index < -0.39 is 41.4 Å². The van der Waals surface area contributed by atoms with Crippen LogP contribution in [0.4, 0.5) is 27.6 Å². The number of nitrogens with one attached hydrogen (secondary N) is 1. The Bertz CT molecular complexity index is 1120. The first-order chi connectivity index (χ1) is 14.6. The highest BCUT2D eigenvalue weighted by molar-refractivity contribution is 6.35. The topological polar surface area (TPSA) is 65.4 Å². The minimum Gasteiger partial charge on any atom is -0.455 e. The summed E-state index contributed by atoms with van der Waals surface area (Å²) in [5, 5.41) is 10.9. The minimum atomic E-state index is -5.13. The normalized spacial score (nSPS) is 19.8. The third-order valence-electron chi connectivity index (χ3n) is 5.29. The summed E-state index contributed by atoms with van der Waals surface area (Å²) in [7, 11) is 0. The van der Waals surface area contributed by atoms with Crippen LogP contribution in [0.1, 0.15) is 30.0 Å². The molecule has 5 nitrogen and oxygen atoms in total. The fourth-order valence-electron chi connectivity index (χ4n) is 4.05. The number of piperidine rings is 1. The van der Waals surface area contributed by atoms with Crippen LogP contribution in [-0.4, -0.2) is 24.7 Å². The molecular formula is C20H13ClF5N3O2. The SMILES string of the molecule is N#Cc1c(F)cc2c(c1Cl)N1CCC[C@H](NC(=O)C(F)(F)F)[C@H]1c1c(F)cccc1O2. The second-order valence-electron chi connectivity index (χ2n) is 7.12. The number of rotatable bonds is 1. The zero-order chi connectivity index (χ0) is 22.5. The van der Waals surface area contributed by atoms with Gasteiger partial charge in [-0.15, -0.1) is 0 Å². The number of amides is 1. The third-order valence-corrected chi connectivity index (χ3v) is 5.66. The molecule has 31 heavy (non-hydrogen) atoms. The summed E-state index contributed by atoms with van der Waals surface area (Å²) in [6.45, 7) is 0.198. The van der Waals surface area contributed by atoms with Gasteiger partial charge in [0, 0.05) is 12.6 Å². The van der Waals surface area contributed by atoms with Crippen LogP contribution in [0.3, 0.4) is 0 Å². The molecule has 0 aliphatic carbocycles. The summed E-state index contributed by atoms with van der Waals surface area (Å²) in [5.41, 5.74) is -0.525. The van der Waals surface area contributed by atoms with Crippen molar-refractivity contribution in [1.82, 2.24) is 5.32 Å². The summed E-state index contributed by atoms with van der Waals surface area (Å²) >= 11 is 6.29. The highest BCUT2D eigenvalue weighted by Gasteiger charge is 2.46. The van der Waals surface area contributed by atoms with Gasteiger partial charge in [-0.1, -0.05) is 17.7 Å². The van der Waals surface area contributed by atoms with E-state index in [1.54, 1.807) is 6.07 Å². The number of benzene rings is 2. The number of nitriles is 1. The lowest BCUT2D eigenvalue weighted by Gasteiger charge is -2.42. The summed E-state index contributed by atoms with van der Waals surface area (Å²) in [6.07, 6.45) is -4.69. The fourth-order valence-corrected chi connectivity index (χ4v) is 4.39. The van der Waals surface area contributed by atoms with E-state index in [1.165, 1.54) is 17.0 Å². The van der Waals surface area contributed by atoms with Gasteiger partial charge in [-0.2, -0.15) is 18.4 Å². The Balaban J connectivity index is 1.93. The molecule has 2 aliphatic rings. The number of anilines is 1. The summed E-state index contributed by atoms with van der Waals surface area (Å²) in [5.74, 6) is -4.06. The number of halogens is 6. The first kappa shape index (κ1) is 21.2. The molecule has 2 aliphatic heterocycles. The zero-order valence-electron chi connectivity index (χ0n) is 15.6. The van der Waals surface area contributed by atoms with Crippen molar-refractivity contribution < 1.29 is 31.5 Å². The van der Waals surface area contributed by atoms with E-state index in [-0.39, 0.29) is 40.7 Å². The first-order valence-corrected chi connectivity index (χ1v) is 9.54. The van der Waals surface area contributed by atoms with Gasteiger partial charge in [0.25, 0.3) is 0 Å². The average Bonchev–Trinajstić information content (AvgIpc) is 2.83. The van der Waals surface area contributed by atoms with Crippen LogP contribution in [-0.2, 0) is 4.79 Å². The van der Waals surface area contributed by atoms with Crippen molar-refractivity contribution in [2.45, 2.75) is 31.1 Å². The number of hydrogen-bond acceptors (Lipinski definition) is 4. The molecule has 0 spiro atoms. The molecule has 1 saturated heterocycles. The van der Waals surface area contributed by atoms with E-state index >= 15 is 0 Å². The summed E-state index contributed by atoms with van der Waals surface area (Å²) in [6, 6.07) is 4.10. The van der Waals surface area contributed by atoms with Gasteiger partial charge in [0.1, 0.15) is 34.7 Å². The van der Waals surface area contributed by atoms with Crippen LogP contribution in [0.2, 0.25) is 5.02 Å². The van der Waals surface area contributed by atoms with Crippen LogP contribution < -0.4 is 15.0 Å². The molecule has 0 aromatic heterocycles. The summed E-state index contributed by atoms with van der Waals surface area (Å²) in [4.78, 5) is 13.1. The van der Waals surface area contributed by atoms with Gasteiger partial charge in [-0.3, -0.25) is 4.79 Å². The van der Waals surface area contributed by atoms with Crippen molar-refractivity contribution in [2.24, 2.45) is 0 Å².